The normalized spacial score (nSPS) is 18.0. The maximum Gasteiger partial charge on any atom is 0.261 e. The third kappa shape index (κ3) is 3.69. The summed E-state index contributed by atoms with van der Waals surface area (Å²) in [7, 11) is -3.72. The molecule has 27 heavy (non-hydrogen) atoms. The molecule has 2 saturated carbocycles. The standard InChI is InChI=1S/C20H21ClN2O3S/c1-13-2-9-17(12-18(13)21)27(25,26)23-16-5-3-14(4-6-16)20(10-11-20)19(24)22-15-7-8-15/h2-6,9,12,15,23H,7-8,10-11H2,1H3,(H,22,24). The zero-order chi connectivity index (χ0) is 19.2. The van der Waals surface area contributed by atoms with Crippen LogP contribution in [0.3, 0.4) is 0 Å². The van der Waals surface area contributed by atoms with Gasteiger partial charge in [-0.1, -0.05) is 29.8 Å². The molecule has 0 aromatic heterocycles. The minimum Gasteiger partial charge on any atom is -0.353 e. The first-order valence-corrected chi connectivity index (χ1v) is 10.9. The highest BCUT2D eigenvalue weighted by Crippen LogP contribution is 2.49. The lowest BCUT2D eigenvalue weighted by molar-refractivity contribution is -0.123. The highest BCUT2D eigenvalue weighted by Gasteiger charge is 2.52. The van der Waals surface area contributed by atoms with E-state index in [2.05, 4.69) is 10.0 Å². The minimum atomic E-state index is -3.72. The Hall–Kier alpha value is -2.05. The van der Waals surface area contributed by atoms with Crippen LogP contribution >= 0.6 is 11.6 Å². The summed E-state index contributed by atoms with van der Waals surface area (Å²) < 4.78 is 27.7. The number of carbonyl (C=O) groups is 1. The van der Waals surface area contributed by atoms with Gasteiger partial charge in [0.15, 0.2) is 0 Å². The Morgan fingerprint density at radius 2 is 1.78 bits per heavy atom. The molecule has 2 aliphatic carbocycles. The molecule has 142 valence electrons. The number of carbonyl (C=O) groups excluding carboxylic acids is 1. The maximum absolute atomic E-state index is 12.6. The summed E-state index contributed by atoms with van der Waals surface area (Å²) in [6, 6.07) is 12.0. The van der Waals surface area contributed by atoms with Crippen molar-refractivity contribution in [1.82, 2.24) is 5.32 Å². The summed E-state index contributed by atoms with van der Waals surface area (Å²) in [4.78, 5) is 12.6. The van der Waals surface area contributed by atoms with Crippen molar-refractivity contribution < 1.29 is 13.2 Å². The molecule has 0 aliphatic heterocycles. The molecule has 0 saturated heterocycles. The zero-order valence-electron chi connectivity index (χ0n) is 15.0. The lowest BCUT2D eigenvalue weighted by Gasteiger charge is -2.16. The predicted molar refractivity (Wildman–Crippen MR) is 106 cm³/mol. The number of hydrogen-bond donors (Lipinski definition) is 2. The number of benzene rings is 2. The maximum atomic E-state index is 12.6. The third-order valence-corrected chi connectivity index (χ3v) is 7.03. The molecule has 4 rings (SSSR count). The highest BCUT2D eigenvalue weighted by atomic mass is 35.5. The molecule has 7 heteroatoms. The predicted octanol–water partition coefficient (Wildman–Crippen LogP) is 3.76. The highest BCUT2D eigenvalue weighted by molar-refractivity contribution is 7.92. The molecule has 0 spiro atoms. The van der Waals surface area contributed by atoms with Gasteiger partial charge in [-0.2, -0.15) is 0 Å². The molecule has 0 radical (unpaired) electrons. The van der Waals surface area contributed by atoms with Gasteiger partial charge in [0.2, 0.25) is 5.91 Å². The molecule has 0 heterocycles. The van der Waals surface area contributed by atoms with Crippen molar-refractivity contribution in [2.75, 3.05) is 4.72 Å². The van der Waals surface area contributed by atoms with Gasteiger partial charge in [0, 0.05) is 16.8 Å². The molecule has 2 N–H and O–H groups in total. The fraction of sp³-hybridized carbons (Fsp3) is 0.350. The van der Waals surface area contributed by atoms with Gasteiger partial charge < -0.3 is 5.32 Å². The van der Waals surface area contributed by atoms with Gasteiger partial charge >= 0.3 is 0 Å². The molecule has 0 atom stereocenters. The Balaban J connectivity index is 1.50. The summed E-state index contributed by atoms with van der Waals surface area (Å²) in [5, 5.41) is 3.48. The number of sulfonamides is 1. The SMILES string of the molecule is Cc1ccc(S(=O)(=O)Nc2ccc(C3(C(=O)NC4CC4)CC3)cc2)cc1Cl. The second kappa shape index (κ2) is 6.53. The monoisotopic (exact) mass is 404 g/mol. The van der Waals surface area contributed by atoms with Crippen LogP contribution in [0, 0.1) is 6.92 Å². The Labute approximate surface area is 164 Å². The van der Waals surface area contributed by atoms with Crippen molar-refractivity contribution in [3.05, 3.63) is 58.6 Å². The van der Waals surface area contributed by atoms with Gasteiger partial charge in [0.25, 0.3) is 10.0 Å². The van der Waals surface area contributed by atoms with Crippen molar-refractivity contribution in [1.29, 1.82) is 0 Å². The van der Waals surface area contributed by atoms with Gasteiger partial charge in [-0.3, -0.25) is 9.52 Å². The second-order valence-electron chi connectivity index (χ2n) is 7.42. The topological polar surface area (TPSA) is 75.3 Å². The zero-order valence-corrected chi connectivity index (χ0v) is 16.5. The van der Waals surface area contributed by atoms with Crippen molar-refractivity contribution in [3.63, 3.8) is 0 Å². The fourth-order valence-corrected chi connectivity index (χ4v) is 4.46. The molecular weight excluding hydrogens is 384 g/mol. The molecule has 0 unspecified atom stereocenters. The van der Waals surface area contributed by atoms with Gasteiger partial charge in [0.1, 0.15) is 0 Å². The molecule has 2 aromatic rings. The van der Waals surface area contributed by atoms with E-state index in [-0.39, 0.29) is 10.8 Å². The van der Waals surface area contributed by atoms with E-state index in [0.717, 1.165) is 36.8 Å². The summed E-state index contributed by atoms with van der Waals surface area (Å²) in [6.07, 6.45) is 3.79. The summed E-state index contributed by atoms with van der Waals surface area (Å²) in [6.45, 7) is 1.82. The van der Waals surface area contributed by atoms with Crippen LogP contribution in [0.4, 0.5) is 5.69 Å². The largest absolute Gasteiger partial charge is 0.353 e. The van der Waals surface area contributed by atoms with Crippen LogP contribution in [0.5, 0.6) is 0 Å². The summed E-state index contributed by atoms with van der Waals surface area (Å²) in [5.41, 5.74) is 1.76. The average Bonchev–Trinajstić information content (AvgIpc) is 3.52. The minimum absolute atomic E-state index is 0.0904. The molecule has 2 aliphatic rings. The van der Waals surface area contributed by atoms with Crippen LogP contribution in [0.15, 0.2) is 47.4 Å². The number of aryl methyl sites for hydroxylation is 1. The van der Waals surface area contributed by atoms with Gasteiger partial charge in [-0.25, -0.2) is 8.42 Å². The molecule has 1 amide bonds. The van der Waals surface area contributed by atoms with E-state index in [9.17, 15) is 13.2 Å². The van der Waals surface area contributed by atoms with E-state index < -0.39 is 15.4 Å². The van der Waals surface area contributed by atoms with E-state index >= 15 is 0 Å². The van der Waals surface area contributed by atoms with Gasteiger partial charge in [-0.05, 0) is 68.0 Å². The first-order chi connectivity index (χ1) is 12.8. The Bertz CT molecular complexity index is 994. The molecular formula is C20H21ClN2O3S. The molecule has 0 bridgehead atoms. The van der Waals surface area contributed by atoms with Crippen LogP contribution in [-0.4, -0.2) is 20.4 Å². The van der Waals surface area contributed by atoms with Crippen molar-refractivity contribution >= 4 is 33.2 Å². The van der Waals surface area contributed by atoms with Crippen LogP contribution in [0.2, 0.25) is 5.02 Å². The van der Waals surface area contributed by atoms with Crippen molar-refractivity contribution in [2.24, 2.45) is 0 Å². The number of halogens is 1. The quantitative estimate of drug-likeness (QED) is 0.769. The second-order valence-corrected chi connectivity index (χ2v) is 9.51. The first kappa shape index (κ1) is 18.3. The van der Waals surface area contributed by atoms with E-state index in [1.54, 1.807) is 18.2 Å². The molecule has 2 aromatic carbocycles. The van der Waals surface area contributed by atoms with Crippen LogP contribution in [-0.2, 0) is 20.2 Å². The first-order valence-electron chi connectivity index (χ1n) is 9.01. The Morgan fingerprint density at radius 3 is 2.33 bits per heavy atom. The lowest BCUT2D eigenvalue weighted by Crippen LogP contribution is -2.36. The van der Waals surface area contributed by atoms with Crippen LogP contribution < -0.4 is 10.0 Å². The number of anilines is 1. The van der Waals surface area contributed by atoms with Gasteiger partial charge in [0.05, 0.1) is 10.3 Å². The fourth-order valence-electron chi connectivity index (χ4n) is 3.14. The van der Waals surface area contributed by atoms with Crippen LogP contribution in [0.1, 0.15) is 36.8 Å². The summed E-state index contributed by atoms with van der Waals surface area (Å²) >= 11 is 6.04. The smallest absolute Gasteiger partial charge is 0.261 e. The molecule has 5 nitrogen and oxygen atoms in total. The number of amides is 1. The average molecular weight is 405 g/mol. The van der Waals surface area contributed by atoms with E-state index in [1.807, 2.05) is 19.1 Å². The van der Waals surface area contributed by atoms with Crippen molar-refractivity contribution in [2.45, 2.75) is 49.0 Å². The van der Waals surface area contributed by atoms with Crippen LogP contribution in [0.25, 0.3) is 0 Å². The number of nitrogens with one attached hydrogen (secondary N) is 2. The summed E-state index contributed by atoms with van der Waals surface area (Å²) in [5.74, 6) is 0.0904. The number of rotatable bonds is 6. The molecule has 2 fully saturated rings. The van der Waals surface area contributed by atoms with E-state index in [4.69, 9.17) is 11.6 Å². The Kier molecular flexibility index (Phi) is 4.43. The van der Waals surface area contributed by atoms with Crippen molar-refractivity contribution in [3.8, 4) is 0 Å². The van der Waals surface area contributed by atoms with E-state index in [1.165, 1.54) is 12.1 Å². The van der Waals surface area contributed by atoms with E-state index in [0.29, 0.717) is 16.8 Å². The third-order valence-electron chi connectivity index (χ3n) is 5.24. The van der Waals surface area contributed by atoms with Gasteiger partial charge in [-0.15, -0.1) is 0 Å². The lowest BCUT2D eigenvalue weighted by atomic mass is 9.95. The number of hydrogen-bond acceptors (Lipinski definition) is 3. The Morgan fingerprint density at radius 1 is 1.11 bits per heavy atom.